The molecule has 0 spiro atoms. The van der Waals surface area contributed by atoms with Gasteiger partial charge in [0.15, 0.2) is 0 Å². The Bertz CT molecular complexity index is 1120. The standard InChI is InChI=1S/C23H29FN4O4S/c1-26-12-14-27(15-13-26)19-4-2-17(3-5-19)21-7-6-20(16-22(21)24)33(31,32)28-10-8-18(9-11-28)23(29)25-30/h2-8,16,23,25,29-30H,9-15H2,1H3. The van der Waals surface area contributed by atoms with Crippen LogP contribution >= 0.6 is 0 Å². The lowest BCUT2D eigenvalue weighted by Gasteiger charge is -2.34. The number of aliphatic hydroxyl groups excluding tert-OH is 1. The number of anilines is 1. The predicted octanol–water partition coefficient (Wildman–Crippen LogP) is 1.86. The highest BCUT2D eigenvalue weighted by Crippen LogP contribution is 2.29. The number of hydroxylamine groups is 1. The van der Waals surface area contributed by atoms with E-state index < -0.39 is 22.1 Å². The number of halogens is 1. The van der Waals surface area contributed by atoms with E-state index in [2.05, 4.69) is 16.8 Å². The number of sulfonamides is 1. The van der Waals surface area contributed by atoms with E-state index in [0.717, 1.165) is 37.9 Å². The maximum absolute atomic E-state index is 15.0. The van der Waals surface area contributed by atoms with Gasteiger partial charge in [0.05, 0.1) is 4.90 Å². The molecule has 10 heteroatoms. The van der Waals surface area contributed by atoms with Crippen LogP contribution in [0.25, 0.3) is 11.1 Å². The van der Waals surface area contributed by atoms with E-state index in [9.17, 15) is 17.9 Å². The third-order valence-electron chi connectivity index (χ3n) is 6.31. The van der Waals surface area contributed by atoms with Crippen LogP contribution in [0, 0.1) is 5.82 Å². The molecule has 2 aliphatic heterocycles. The van der Waals surface area contributed by atoms with Crippen LogP contribution in [-0.4, -0.2) is 80.5 Å². The Morgan fingerprint density at radius 2 is 1.73 bits per heavy atom. The maximum Gasteiger partial charge on any atom is 0.243 e. The lowest BCUT2D eigenvalue weighted by Crippen LogP contribution is -2.44. The summed E-state index contributed by atoms with van der Waals surface area (Å²) in [6, 6.07) is 11.6. The molecule has 2 aliphatic rings. The number of hydrogen-bond donors (Lipinski definition) is 3. The minimum absolute atomic E-state index is 0.0352. The van der Waals surface area contributed by atoms with Crippen LogP contribution in [-0.2, 0) is 10.0 Å². The van der Waals surface area contributed by atoms with Crippen LogP contribution in [0.15, 0.2) is 59.0 Å². The van der Waals surface area contributed by atoms with Crippen molar-refractivity contribution in [3.05, 3.63) is 59.9 Å². The summed E-state index contributed by atoms with van der Waals surface area (Å²) >= 11 is 0. The fourth-order valence-electron chi connectivity index (χ4n) is 4.17. The van der Waals surface area contributed by atoms with Crippen molar-refractivity contribution in [3.63, 3.8) is 0 Å². The highest BCUT2D eigenvalue weighted by Gasteiger charge is 2.28. The van der Waals surface area contributed by atoms with Gasteiger partial charge in [0.25, 0.3) is 0 Å². The van der Waals surface area contributed by atoms with Crippen molar-refractivity contribution in [3.8, 4) is 11.1 Å². The third-order valence-corrected chi connectivity index (χ3v) is 8.17. The predicted molar refractivity (Wildman–Crippen MR) is 124 cm³/mol. The number of hydrogen-bond acceptors (Lipinski definition) is 7. The number of benzene rings is 2. The summed E-state index contributed by atoms with van der Waals surface area (Å²) in [7, 11) is -1.79. The highest BCUT2D eigenvalue weighted by molar-refractivity contribution is 7.89. The van der Waals surface area contributed by atoms with E-state index in [1.165, 1.54) is 16.4 Å². The summed E-state index contributed by atoms with van der Waals surface area (Å²) in [5, 5.41) is 18.4. The molecule has 4 rings (SSSR count). The van der Waals surface area contributed by atoms with Gasteiger partial charge in [-0.1, -0.05) is 24.3 Å². The van der Waals surface area contributed by atoms with Crippen LogP contribution in [0.2, 0.25) is 0 Å². The van der Waals surface area contributed by atoms with Crippen LogP contribution in [0.3, 0.4) is 0 Å². The molecule has 2 heterocycles. The van der Waals surface area contributed by atoms with E-state index in [4.69, 9.17) is 5.21 Å². The molecule has 2 aromatic carbocycles. The molecule has 0 bridgehead atoms. The first-order valence-corrected chi connectivity index (χ1v) is 12.3. The molecule has 1 atom stereocenters. The lowest BCUT2D eigenvalue weighted by atomic mass is 10.0. The van der Waals surface area contributed by atoms with Gasteiger partial charge < -0.3 is 20.1 Å². The summed E-state index contributed by atoms with van der Waals surface area (Å²) in [5.41, 5.74) is 4.36. The van der Waals surface area contributed by atoms with Crippen LogP contribution in [0.4, 0.5) is 10.1 Å². The van der Waals surface area contributed by atoms with E-state index in [1.807, 2.05) is 24.3 Å². The fraction of sp³-hybridized carbons (Fsp3) is 0.391. The molecule has 8 nitrogen and oxygen atoms in total. The quantitative estimate of drug-likeness (QED) is 0.333. The number of aliphatic hydroxyl groups is 1. The zero-order chi connectivity index (χ0) is 23.6. The molecule has 0 radical (unpaired) electrons. The Labute approximate surface area is 193 Å². The van der Waals surface area contributed by atoms with Gasteiger partial charge in [0.2, 0.25) is 10.0 Å². The molecule has 33 heavy (non-hydrogen) atoms. The van der Waals surface area contributed by atoms with Crippen molar-refractivity contribution in [1.82, 2.24) is 14.7 Å². The second-order valence-corrected chi connectivity index (χ2v) is 10.3. The molecule has 3 N–H and O–H groups in total. The zero-order valence-corrected chi connectivity index (χ0v) is 19.3. The summed E-state index contributed by atoms with van der Waals surface area (Å²) in [6.45, 7) is 4.05. The number of piperazine rings is 1. The molecule has 1 saturated heterocycles. The van der Waals surface area contributed by atoms with Crippen molar-refractivity contribution in [2.75, 3.05) is 51.2 Å². The van der Waals surface area contributed by atoms with Crippen molar-refractivity contribution in [1.29, 1.82) is 0 Å². The summed E-state index contributed by atoms with van der Waals surface area (Å²) < 4.78 is 42.1. The average molecular weight is 477 g/mol. The van der Waals surface area contributed by atoms with Gasteiger partial charge >= 0.3 is 0 Å². The van der Waals surface area contributed by atoms with Gasteiger partial charge in [-0.05, 0) is 48.9 Å². The second kappa shape index (κ2) is 9.88. The molecular formula is C23H29FN4O4S. The Balaban J connectivity index is 1.49. The summed E-state index contributed by atoms with van der Waals surface area (Å²) in [4.78, 5) is 4.46. The summed E-state index contributed by atoms with van der Waals surface area (Å²) in [6.07, 6.45) is 0.574. The van der Waals surface area contributed by atoms with Crippen molar-refractivity contribution in [2.45, 2.75) is 17.5 Å². The van der Waals surface area contributed by atoms with Crippen molar-refractivity contribution in [2.24, 2.45) is 0 Å². The molecule has 1 fully saturated rings. The first-order valence-electron chi connectivity index (χ1n) is 10.9. The van der Waals surface area contributed by atoms with E-state index in [-0.39, 0.29) is 24.4 Å². The van der Waals surface area contributed by atoms with Gasteiger partial charge in [0, 0.05) is 50.5 Å². The van der Waals surface area contributed by atoms with Crippen molar-refractivity contribution < 1.29 is 23.1 Å². The van der Waals surface area contributed by atoms with Crippen molar-refractivity contribution >= 4 is 15.7 Å². The Morgan fingerprint density at radius 1 is 1.03 bits per heavy atom. The van der Waals surface area contributed by atoms with Gasteiger partial charge in [0.1, 0.15) is 12.0 Å². The molecule has 0 aliphatic carbocycles. The largest absolute Gasteiger partial charge is 0.373 e. The summed E-state index contributed by atoms with van der Waals surface area (Å²) in [5.74, 6) is -0.600. The molecule has 2 aromatic rings. The number of nitrogens with zero attached hydrogens (tertiary/aromatic N) is 3. The first kappa shape index (κ1) is 23.8. The van der Waals surface area contributed by atoms with Gasteiger partial charge in [-0.15, -0.1) is 0 Å². The number of rotatable bonds is 6. The Morgan fingerprint density at radius 3 is 2.30 bits per heavy atom. The molecule has 0 amide bonds. The van der Waals surface area contributed by atoms with Gasteiger partial charge in [-0.25, -0.2) is 12.8 Å². The highest BCUT2D eigenvalue weighted by atomic mass is 32.2. The van der Waals surface area contributed by atoms with E-state index in [1.54, 1.807) is 11.6 Å². The van der Waals surface area contributed by atoms with Crippen LogP contribution < -0.4 is 10.4 Å². The Kier molecular flexibility index (Phi) is 7.13. The average Bonchev–Trinajstić information content (AvgIpc) is 2.84. The third kappa shape index (κ3) is 5.11. The minimum atomic E-state index is -3.89. The topological polar surface area (TPSA) is 96.4 Å². The molecule has 0 aromatic heterocycles. The molecule has 0 saturated carbocycles. The Hall–Kier alpha value is -2.34. The first-order chi connectivity index (χ1) is 15.8. The van der Waals surface area contributed by atoms with Crippen LogP contribution in [0.1, 0.15) is 6.42 Å². The fourth-order valence-corrected chi connectivity index (χ4v) is 5.56. The maximum atomic E-state index is 15.0. The number of likely N-dealkylation sites (N-methyl/N-ethyl adjacent to an activating group) is 1. The second-order valence-electron chi connectivity index (χ2n) is 8.40. The molecule has 178 valence electrons. The lowest BCUT2D eigenvalue weighted by molar-refractivity contribution is 0.0217. The van der Waals surface area contributed by atoms with Gasteiger partial charge in [-0.3, -0.25) is 0 Å². The molecule has 1 unspecified atom stereocenters. The van der Waals surface area contributed by atoms with E-state index >= 15 is 0 Å². The zero-order valence-electron chi connectivity index (χ0n) is 18.5. The van der Waals surface area contributed by atoms with Crippen LogP contribution in [0.5, 0.6) is 0 Å². The van der Waals surface area contributed by atoms with Gasteiger partial charge in [-0.2, -0.15) is 9.79 Å². The smallest absolute Gasteiger partial charge is 0.243 e. The minimum Gasteiger partial charge on any atom is -0.373 e. The SMILES string of the molecule is CN1CCN(c2ccc(-c3ccc(S(=O)(=O)N4CC=C(C(O)NO)CC4)cc3F)cc2)CC1. The molecular weight excluding hydrogens is 447 g/mol. The monoisotopic (exact) mass is 476 g/mol. The number of nitrogens with one attached hydrogen (secondary N) is 1. The van der Waals surface area contributed by atoms with E-state index in [0.29, 0.717) is 16.7 Å². The normalized spacial score (nSPS) is 19.4.